The Hall–Kier alpha value is 0.0569. The van der Waals surface area contributed by atoms with Gasteiger partial charge in [-0.15, -0.1) is 0 Å². The summed E-state index contributed by atoms with van der Waals surface area (Å²) in [6, 6.07) is 0. The standard InChI is InChI=1S/C3H5OPSi/c1-2-3-5(4)6/h2H,1,3H2/q+1. The molecule has 0 fully saturated rings. The molecule has 0 rings (SSSR count). The predicted molar refractivity (Wildman–Crippen MR) is 28.4 cm³/mol. The zero-order valence-electron chi connectivity index (χ0n) is 3.35. The molecule has 1 unspecified atom stereocenters. The molecule has 0 amide bonds. The minimum absolute atomic E-state index is 0.562. The molecule has 31 valence electrons. The highest BCUT2D eigenvalue weighted by Crippen LogP contribution is 2.09. The van der Waals surface area contributed by atoms with Crippen LogP contribution in [0.1, 0.15) is 0 Å². The molecule has 1 nitrogen and oxygen atoms in total. The lowest BCUT2D eigenvalue weighted by atomic mass is 10.8. The van der Waals surface area contributed by atoms with Gasteiger partial charge in [-0.3, -0.25) is 0 Å². The Bertz CT molecular complexity index is 71.2. The van der Waals surface area contributed by atoms with E-state index in [-0.39, 0.29) is 0 Å². The molecule has 0 bridgehead atoms. The van der Waals surface area contributed by atoms with Gasteiger partial charge in [-0.25, -0.2) is 0 Å². The molecule has 3 heteroatoms. The number of rotatable bonds is 2. The second kappa shape index (κ2) is 3.25. The van der Waals surface area contributed by atoms with Gasteiger partial charge in [0.15, 0.2) is 0 Å². The minimum Gasteiger partial charge on any atom is -0.0990 e. The van der Waals surface area contributed by atoms with Crippen LogP contribution in [0.25, 0.3) is 0 Å². The molecule has 0 aromatic carbocycles. The Labute approximate surface area is 41.5 Å². The highest BCUT2D eigenvalue weighted by Gasteiger charge is 1.98. The van der Waals surface area contributed by atoms with Crippen molar-refractivity contribution in [1.82, 2.24) is 0 Å². The molecular weight excluding hydrogens is 111 g/mol. The van der Waals surface area contributed by atoms with E-state index in [1.54, 1.807) is 6.08 Å². The highest BCUT2D eigenvalue weighted by atomic mass is 31.4. The minimum atomic E-state index is -1.16. The molecule has 0 aromatic rings. The summed E-state index contributed by atoms with van der Waals surface area (Å²) in [5.74, 6) is 0. The zero-order valence-corrected chi connectivity index (χ0v) is 5.24. The molecule has 0 spiro atoms. The van der Waals surface area contributed by atoms with E-state index in [0.717, 1.165) is 0 Å². The molecule has 0 aliphatic rings. The van der Waals surface area contributed by atoms with Gasteiger partial charge < -0.3 is 0 Å². The van der Waals surface area contributed by atoms with E-state index in [1.807, 2.05) is 0 Å². The van der Waals surface area contributed by atoms with Crippen molar-refractivity contribution in [3.05, 3.63) is 12.7 Å². The lowest BCUT2D eigenvalue weighted by Crippen LogP contribution is -1.62. The van der Waals surface area contributed by atoms with Crippen LogP contribution in [0.5, 0.6) is 0 Å². The predicted octanol–water partition coefficient (Wildman–Crippen LogP) is 1.08. The average molecular weight is 116 g/mol. The summed E-state index contributed by atoms with van der Waals surface area (Å²) in [6.45, 7) is 3.39. The summed E-state index contributed by atoms with van der Waals surface area (Å²) in [5.41, 5.74) is 0. The first-order chi connectivity index (χ1) is 2.77. The second-order valence-electron chi connectivity index (χ2n) is 0.850. The van der Waals surface area contributed by atoms with E-state index >= 15 is 0 Å². The van der Waals surface area contributed by atoms with E-state index in [0.29, 0.717) is 6.16 Å². The van der Waals surface area contributed by atoms with E-state index in [2.05, 4.69) is 16.5 Å². The molecular formula is C3H5OPSi+. The summed E-state index contributed by atoms with van der Waals surface area (Å²) in [5, 5.41) is 0. The molecule has 1 atom stereocenters. The fourth-order valence-electron chi connectivity index (χ4n) is 0.117. The molecule has 0 aliphatic carbocycles. The van der Waals surface area contributed by atoms with Gasteiger partial charge in [-0.05, 0) is 6.08 Å². The van der Waals surface area contributed by atoms with Crippen molar-refractivity contribution in [1.29, 1.82) is 0 Å². The van der Waals surface area contributed by atoms with Crippen LogP contribution in [-0.4, -0.2) is 16.1 Å². The maximum atomic E-state index is 10.0. The van der Waals surface area contributed by atoms with Gasteiger partial charge in [0.05, 0.1) is 0 Å². The van der Waals surface area contributed by atoms with Crippen molar-refractivity contribution in [2.45, 2.75) is 0 Å². The molecule has 0 heterocycles. The third-order valence-electron chi connectivity index (χ3n) is 0.295. The van der Waals surface area contributed by atoms with Gasteiger partial charge in [-0.2, -0.15) is 0 Å². The summed E-state index contributed by atoms with van der Waals surface area (Å²) in [4.78, 5) is 0. The van der Waals surface area contributed by atoms with Crippen LogP contribution in [0.2, 0.25) is 0 Å². The maximum absolute atomic E-state index is 10.0. The number of allylic oxidation sites excluding steroid dienone is 1. The fourth-order valence-corrected chi connectivity index (χ4v) is 0.739. The molecule has 6 heavy (non-hydrogen) atoms. The molecule has 0 saturated heterocycles. The van der Waals surface area contributed by atoms with E-state index in [9.17, 15) is 4.57 Å². The average Bonchev–Trinajstić information content (AvgIpc) is 1.35. The zero-order chi connectivity index (χ0) is 4.99. The first kappa shape index (κ1) is 6.06. The lowest BCUT2D eigenvalue weighted by Gasteiger charge is -1.60. The van der Waals surface area contributed by atoms with Crippen LogP contribution in [0.3, 0.4) is 0 Å². The second-order valence-corrected chi connectivity index (χ2v) is 3.47. The largest absolute Gasteiger partial charge is 0.468 e. The normalized spacial score (nSPS) is 10.5. The van der Waals surface area contributed by atoms with Crippen LogP contribution >= 0.6 is 7.35 Å². The molecule has 3 radical (unpaired) electrons. The van der Waals surface area contributed by atoms with Crippen molar-refractivity contribution < 1.29 is 4.57 Å². The Kier molecular flexibility index (Phi) is 3.29. The van der Waals surface area contributed by atoms with Gasteiger partial charge in [0.25, 0.3) is 7.35 Å². The SMILES string of the molecule is C=CC[P+](=O)[Si]. The van der Waals surface area contributed by atoms with Crippen molar-refractivity contribution in [3.8, 4) is 0 Å². The van der Waals surface area contributed by atoms with Gasteiger partial charge in [-0.1, -0.05) is 11.1 Å². The van der Waals surface area contributed by atoms with Crippen molar-refractivity contribution >= 4 is 17.3 Å². The van der Waals surface area contributed by atoms with Crippen LogP contribution in [0.4, 0.5) is 0 Å². The smallest absolute Gasteiger partial charge is 0.0990 e. The van der Waals surface area contributed by atoms with Gasteiger partial charge in [0, 0.05) is 0 Å². The Balaban J connectivity index is 3.05. The molecule has 0 saturated carbocycles. The summed E-state index contributed by atoms with van der Waals surface area (Å²) in [6.07, 6.45) is 2.18. The molecule has 0 aliphatic heterocycles. The number of hydrogen-bond acceptors (Lipinski definition) is 1. The quantitative estimate of drug-likeness (QED) is 0.300. The first-order valence-corrected chi connectivity index (χ1v) is 4.33. The van der Waals surface area contributed by atoms with Crippen molar-refractivity contribution in [3.63, 3.8) is 0 Å². The summed E-state index contributed by atoms with van der Waals surface area (Å²) in [7, 11) is 1.75. The maximum Gasteiger partial charge on any atom is 0.468 e. The molecule has 0 aromatic heterocycles. The van der Waals surface area contributed by atoms with Gasteiger partial charge in [0.1, 0.15) is 6.16 Å². The van der Waals surface area contributed by atoms with E-state index in [4.69, 9.17) is 0 Å². The first-order valence-electron chi connectivity index (χ1n) is 1.54. The van der Waals surface area contributed by atoms with Gasteiger partial charge in [0.2, 0.25) is 0 Å². The van der Waals surface area contributed by atoms with E-state index in [1.165, 1.54) is 0 Å². The van der Waals surface area contributed by atoms with Crippen LogP contribution < -0.4 is 0 Å². The topological polar surface area (TPSA) is 17.1 Å². The monoisotopic (exact) mass is 116 g/mol. The van der Waals surface area contributed by atoms with Gasteiger partial charge >= 0.3 is 9.91 Å². The third kappa shape index (κ3) is 4.06. The Morgan fingerprint density at radius 1 is 2.00 bits per heavy atom. The van der Waals surface area contributed by atoms with Crippen LogP contribution in [0, 0.1) is 0 Å². The Morgan fingerprint density at radius 2 is 2.50 bits per heavy atom. The lowest BCUT2D eigenvalue weighted by molar-refractivity contribution is 0.597. The van der Waals surface area contributed by atoms with Crippen LogP contribution in [0.15, 0.2) is 12.7 Å². The van der Waals surface area contributed by atoms with Crippen molar-refractivity contribution in [2.24, 2.45) is 0 Å². The highest BCUT2D eigenvalue weighted by molar-refractivity contribution is 7.71. The van der Waals surface area contributed by atoms with Crippen molar-refractivity contribution in [2.75, 3.05) is 6.16 Å². The molecule has 0 N–H and O–H groups in total. The number of hydrogen-bond donors (Lipinski definition) is 0. The summed E-state index contributed by atoms with van der Waals surface area (Å²) < 4.78 is 10.0. The third-order valence-corrected chi connectivity index (χ3v) is 1.43. The fraction of sp³-hybridized carbons (Fsp3) is 0.333. The van der Waals surface area contributed by atoms with E-state index < -0.39 is 7.35 Å². The van der Waals surface area contributed by atoms with Crippen LogP contribution in [-0.2, 0) is 4.57 Å². The summed E-state index contributed by atoms with van der Waals surface area (Å²) >= 11 is 0. The Morgan fingerprint density at radius 3 is 2.50 bits per heavy atom.